The number of nitrogens with zero attached hydrogens (tertiary/aromatic N) is 3. The quantitative estimate of drug-likeness (QED) is 0.709. The van der Waals surface area contributed by atoms with Gasteiger partial charge in [-0.05, 0) is 44.0 Å². The van der Waals surface area contributed by atoms with Crippen LogP contribution >= 0.6 is 0 Å². The number of carbonyl (C=O) groups is 2. The van der Waals surface area contributed by atoms with Gasteiger partial charge in [-0.3, -0.25) is 19.4 Å². The van der Waals surface area contributed by atoms with Crippen LogP contribution in [0.4, 0.5) is 15.8 Å². The van der Waals surface area contributed by atoms with Gasteiger partial charge in [0.25, 0.3) is 5.91 Å². The summed E-state index contributed by atoms with van der Waals surface area (Å²) in [5, 5.41) is 0. The maximum absolute atomic E-state index is 13.6. The van der Waals surface area contributed by atoms with Crippen LogP contribution in [0, 0.1) is 11.7 Å². The summed E-state index contributed by atoms with van der Waals surface area (Å²) in [5.41, 5.74) is 2.27. The van der Waals surface area contributed by atoms with E-state index in [1.807, 2.05) is 31.2 Å². The van der Waals surface area contributed by atoms with Crippen LogP contribution in [0.25, 0.3) is 0 Å². The Hall–Kier alpha value is -3.06. The number of anilines is 1. The minimum absolute atomic E-state index is 0.0760. The predicted molar refractivity (Wildman–Crippen MR) is 112 cm³/mol. The average molecular weight is 409 g/mol. The van der Waals surface area contributed by atoms with Crippen molar-refractivity contribution < 1.29 is 18.7 Å². The summed E-state index contributed by atoms with van der Waals surface area (Å²) in [7, 11) is 0. The fourth-order valence-corrected chi connectivity index (χ4v) is 3.96. The summed E-state index contributed by atoms with van der Waals surface area (Å²) in [6.45, 7) is 4.06. The highest BCUT2D eigenvalue weighted by molar-refractivity contribution is 6.54. The molecule has 0 aromatic heterocycles. The number of carbonyl (C=O) groups excluding carboxylic acids is 2. The Morgan fingerprint density at radius 3 is 2.67 bits per heavy atom. The Morgan fingerprint density at radius 2 is 1.93 bits per heavy atom. The first-order valence-electron chi connectivity index (χ1n) is 10.2. The predicted octanol–water partition coefficient (Wildman–Crippen LogP) is 3.53. The number of hydrogen-bond donors (Lipinski definition) is 0. The molecule has 4 rings (SSSR count). The molecule has 0 aliphatic carbocycles. The van der Waals surface area contributed by atoms with Gasteiger partial charge >= 0.3 is 5.97 Å². The molecule has 1 saturated heterocycles. The Bertz CT molecular complexity index is 983. The van der Waals surface area contributed by atoms with Crippen molar-refractivity contribution in [2.75, 3.05) is 31.3 Å². The minimum Gasteiger partial charge on any atom is -0.466 e. The Kier molecular flexibility index (Phi) is 5.90. The zero-order chi connectivity index (χ0) is 21.1. The molecule has 1 fully saturated rings. The monoisotopic (exact) mass is 409 g/mol. The number of amides is 1. The van der Waals surface area contributed by atoms with Gasteiger partial charge in [0.05, 0.1) is 30.6 Å². The first-order valence-corrected chi connectivity index (χ1v) is 10.2. The second-order valence-electron chi connectivity index (χ2n) is 7.48. The van der Waals surface area contributed by atoms with Gasteiger partial charge in [-0.15, -0.1) is 0 Å². The molecule has 2 aliphatic rings. The molecule has 2 aliphatic heterocycles. The molecule has 2 aromatic carbocycles. The highest BCUT2D eigenvalue weighted by Crippen LogP contribution is 2.31. The normalized spacial score (nSPS) is 18.7. The SMILES string of the molecule is CCOC(=O)C1CCN(CN2C(=O)C(=Nc3cccc(F)c3)c3ccccc32)CC1. The van der Waals surface area contributed by atoms with E-state index in [-0.39, 0.29) is 17.8 Å². The Morgan fingerprint density at radius 1 is 1.17 bits per heavy atom. The minimum atomic E-state index is -0.392. The number of rotatable bonds is 5. The molecular formula is C23H24FN3O3. The van der Waals surface area contributed by atoms with Crippen LogP contribution in [0.3, 0.4) is 0 Å². The van der Waals surface area contributed by atoms with E-state index in [0.717, 1.165) is 11.3 Å². The number of esters is 1. The number of fused-ring (bicyclic) bond motifs is 1. The molecule has 0 atom stereocenters. The molecule has 0 saturated carbocycles. The van der Waals surface area contributed by atoms with Crippen LogP contribution in [0.1, 0.15) is 25.3 Å². The third kappa shape index (κ3) is 4.11. The lowest BCUT2D eigenvalue weighted by Crippen LogP contribution is -2.45. The standard InChI is InChI=1S/C23H24FN3O3/c1-2-30-23(29)16-10-12-26(13-11-16)15-27-20-9-4-3-8-19(20)21(22(27)28)25-18-7-5-6-17(24)14-18/h3-9,14,16H,2,10-13,15H2,1H3. The lowest BCUT2D eigenvalue weighted by atomic mass is 9.97. The molecule has 156 valence electrons. The second kappa shape index (κ2) is 8.75. The number of para-hydroxylation sites is 1. The van der Waals surface area contributed by atoms with Gasteiger partial charge in [0, 0.05) is 18.7 Å². The average Bonchev–Trinajstić information content (AvgIpc) is 3.00. The van der Waals surface area contributed by atoms with Crippen LogP contribution in [0.15, 0.2) is 53.5 Å². The van der Waals surface area contributed by atoms with Crippen molar-refractivity contribution in [3.63, 3.8) is 0 Å². The first kappa shape index (κ1) is 20.2. The molecule has 30 heavy (non-hydrogen) atoms. The Balaban J connectivity index is 1.51. The van der Waals surface area contributed by atoms with Crippen molar-refractivity contribution in [3.05, 3.63) is 59.9 Å². The zero-order valence-corrected chi connectivity index (χ0v) is 16.9. The summed E-state index contributed by atoms with van der Waals surface area (Å²) >= 11 is 0. The number of ether oxygens (including phenoxy) is 1. The van der Waals surface area contributed by atoms with E-state index in [1.165, 1.54) is 12.1 Å². The summed E-state index contributed by atoms with van der Waals surface area (Å²) in [6.07, 6.45) is 1.43. The summed E-state index contributed by atoms with van der Waals surface area (Å²) in [4.78, 5) is 33.5. The summed E-state index contributed by atoms with van der Waals surface area (Å²) in [6, 6.07) is 13.4. The van der Waals surface area contributed by atoms with Crippen molar-refractivity contribution in [1.29, 1.82) is 0 Å². The number of halogens is 1. The molecule has 0 radical (unpaired) electrons. The Labute approximate surface area is 175 Å². The van der Waals surface area contributed by atoms with Crippen molar-refractivity contribution in [2.24, 2.45) is 10.9 Å². The van der Waals surface area contributed by atoms with Crippen LogP contribution in [-0.4, -0.2) is 48.9 Å². The highest BCUT2D eigenvalue weighted by Gasteiger charge is 2.36. The fourth-order valence-electron chi connectivity index (χ4n) is 3.96. The van der Waals surface area contributed by atoms with E-state index in [2.05, 4.69) is 9.89 Å². The van der Waals surface area contributed by atoms with E-state index in [9.17, 15) is 14.0 Å². The van der Waals surface area contributed by atoms with E-state index >= 15 is 0 Å². The van der Waals surface area contributed by atoms with Crippen LogP contribution < -0.4 is 4.90 Å². The van der Waals surface area contributed by atoms with Crippen LogP contribution in [0.5, 0.6) is 0 Å². The number of piperidine rings is 1. The molecule has 0 spiro atoms. The molecular weight excluding hydrogens is 385 g/mol. The molecule has 6 nitrogen and oxygen atoms in total. The summed E-state index contributed by atoms with van der Waals surface area (Å²) < 4.78 is 18.7. The van der Waals surface area contributed by atoms with Crippen LogP contribution in [0.2, 0.25) is 0 Å². The first-order chi connectivity index (χ1) is 14.6. The van der Waals surface area contributed by atoms with Gasteiger partial charge in [0.2, 0.25) is 0 Å². The third-order valence-electron chi connectivity index (χ3n) is 5.50. The van der Waals surface area contributed by atoms with Crippen molar-refractivity contribution >= 4 is 29.0 Å². The van der Waals surface area contributed by atoms with E-state index in [1.54, 1.807) is 17.0 Å². The number of aliphatic imine (C=N–C) groups is 1. The molecule has 0 bridgehead atoms. The molecule has 2 aromatic rings. The number of hydrogen-bond acceptors (Lipinski definition) is 5. The topological polar surface area (TPSA) is 62.2 Å². The second-order valence-corrected chi connectivity index (χ2v) is 7.48. The van der Waals surface area contributed by atoms with Gasteiger partial charge in [-0.25, -0.2) is 9.38 Å². The van der Waals surface area contributed by atoms with Gasteiger partial charge in [0.1, 0.15) is 11.5 Å². The largest absolute Gasteiger partial charge is 0.466 e. The fraction of sp³-hybridized carbons (Fsp3) is 0.348. The number of likely N-dealkylation sites (tertiary alicyclic amines) is 1. The maximum atomic E-state index is 13.6. The van der Waals surface area contributed by atoms with Crippen LogP contribution in [-0.2, 0) is 14.3 Å². The molecule has 1 amide bonds. The smallest absolute Gasteiger partial charge is 0.309 e. The summed E-state index contributed by atoms with van der Waals surface area (Å²) in [5.74, 6) is -0.804. The highest BCUT2D eigenvalue weighted by atomic mass is 19.1. The maximum Gasteiger partial charge on any atom is 0.309 e. The van der Waals surface area contributed by atoms with E-state index < -0.39 is 5.82 Å². The van der Waals surface area contributed by atoms with Gasteiger partial charge in [-0.1, -0.05) is 24.3 Å². The molecule has 0 unspecified atom stereocenters. The number of benzene rings is 2. The van der Waals surface area contributed by atoms with E-state index in [0.29, 0.717) is 50.6 Å². The van der Waals surface area contributed by atoms with Gasteiger partial charge in [-0.2, -0.15) is 0 Å². The van der Waals surface area contributed by atoms with Crippen molar-refractivity contribution in [3.8, 4) is 0 Å². The molecule has 2 heterocycles. The van der Waals surface area contributed by atoms with Crippen molar-refractivity contribution in [2.45, 2.75) is 19.8 Å². The van der Waals surface area contributed by atoms with Crippen molar-refractivity contribution in [1.82, 2.24) is 4.90 Å². The lowest BCUT2D eigenvalue weighted by Gasteiger charge is -2.33. The van der Waals surface area contributed by atoms with Gasteiger partial charge in [0.15, 0.2) is 0 Å². The zero-order valence-electron chi connectivity index (χ0n) is 16.9. The van der Waals surface area contributed by atoms with E-state index in [4.69, 9.17) is 4.74 Å². The van der Waals surface area contributed by atoms with Gasteiger partial charge < -0.3 is 4.74 Å². The molecule has 0 N–H and O–H groups in total. The third-order valence-corrected chi connectivity index (χ3v) is 5.50. The molecule has 7 heteroatoms. The lowest BCUT2D eigenvalue weighted by molar-refractivity contribution is -0.149.